The van der Waals surface area contributed by atoms with E-state index in [0.29, 0.717) is 16.8 Å². The van der Waals surface area contributed by atoms with E-state index < -0.39 is 0 Å². The highest BCUT2D eigenvalue weighted by Crippen LogP contribution is 2.20. The van der Waals surface area contributed by atoms with E-state index >= 15 is 0 Å². The third-order valence-electron chi connectivity index (χ3n) is 3.35. The molecule has 0 atom stereocenters. The second-order valence-electron chi connectivity index (χ2n) is 4.63. The maximum atomic E-state index is 12.6. The number of benzene rings is 1. The van der Waals surface area contributed by atoms with Crippen molar-refractivity contribution in [2.24, 2.45) is 0 Å². The van der Waals surface area contributed by atoms with Crippen LogP contribution in [0.1, 0.15) is 15.9 Å². The predicted octanol–water partition coefficient (Wildman–Crippen LogP) is 2.48. The van der Waals surface area contributed by atoms with E-state index in [1.165, 1.54) is 4.90 Å². The molecule has 5 heteroatoms. The van der Waals surface area contributed by atoms with E-state index in [1.54, 1.807) is 62.2 Å². The highest BCUT2D eigenvalue weighted by atomic mass is 16.2. The predicted molar refractivity (Wildman–Crippen MR) is 79.1 cm³/mol. The molecule has 2 aromatic heterocycles. The van der Waals surface area contributed by atoms with Gasteiger partial charge in [0, 0.05) is 18.8 Å². The summed E-state index contributed by atoms with van der Waals surface area (Å²) in [6.07, 6.45) is 5.16. The van der Waals surface area contributed by atoms with Gasteiger partial charge in [-0.25, -0.2) is 4.98 Å². The molecule has 0 saturated heterocycles. The first-order valence-electron chi connectivity index (χ1n) is 6.39. The topological polar surface area (TPSA) is 61.4 Å². The number of nitrogens with zero attached hydrogens (tertiary/aromatic N) is 4. The van der Waals surface area contributed by atoms with Gasteiger partial charge in [-0.15, -0.1) is 0 Å². The highest BCUT2D eigenvalue weighted by Gasteiger charge is 2.16. The van der Waals surface area contributed by atoms with Crippen LogP contribution in [0, 0.1) is 11.3 Å². The molecule has 0 aliphatic carbocycles. The monoisotopic (exact) mass is 276 g/mol. The van der Waals surface area contributed by atoms with Crippen LogP contribution >= 0.6 is 0 Å². The van der Waals surface area contributed by atoms with E-state index in [-0.39, 0.29) is 5.91 Å². The van der Waals surface area contributed by atoms with E-state index in [0.717, 1.165) is 5.52 Å². The number of carbonyl (C=O) groups is 1. The van der Waals surface area contributed by atoms with Gasteiger partial charge < -0.3 is 9.30 Å². The molecule has 2 heterocycles. The summed E-state index contributed by atoms with van der Waals surface area (Å²) in [6.45, 7) is 0. The zero-order valence-electron chi connectivity index (χ0n) is 11.4. The maximum absolute atomic E-state index is 12.6. The zero-order valence-corrected chi connectivity index (χ0v) is 11.4. The van der Waals surface area contributed by atoms with Crippen molar-refractivity contribution in [2.45, 2.75) is 0 Å². The fraction of sp³-hybridized carbons (Fsp3) is 0.0625. The van der Waals surface area contributed by atoms with Crippen LogP contribution in [0.3, 0.4) is 0 Å². The van der Waals surface area contributed by atoms with Gasteiger partial charge in [-0.05, 0) is 24.3 Å². The van der Waals surface area contributed by atoms with Gasteiger partial charge in [0.15, 0.2) is 0 Å². The first kappa shape index (κ1) is 12.9. The van der Waals surface area contributed by atoms with Crippen molar-refractivity contribution in [3.63, 3.8) is 0 Å². The van der Waals surface area contributed by atoms with Crippen LogP contribution in [0.2, 0.25) is 0 Å². The van der Waals surface area contributed by atoms with Gasteiger partial charge in [-0.3, -0.25) is 4.79 Å². The smallest absolute Gasteiger partial charge is 0.258 e. The van der Waals surface area contributed by atoms with Gasteiger partial charge in [0.25, 0.3) is 5.91 Å². The summed E-state index contributed by atoms with van der Waals surface area (Å²) in [4.78, 5) is 18.1. The second-order valence-corrected chi connectivity index (χ2v) is 4.63. The van der Waals surface area contributed by atoms with E-state index in [2.05, 4.69) is 11.1 Å². The largest absolute Gasteiger partial charge is 0.310 e. The molecule has 0 bridgehead atoms. The summed E-state index contributed by atoms with van der Waals surface area (Å²) >= 11 is 0. The number of rotatable bonds is 2. The molecule has 3 rings (SSSR count). The quantitative estimate of drug-likeness (QED) is 0.722. The van der Waals surface area contributed by atoms with Crippen molar-refractivity contribution >= 4 is 17.1 Å². The summed E-state index contributed by atoms with van der Waals surface area (Å²) in [5, 5.41) is 9.13. The minimum Gasteiger partial charge on any atom is -0.310 e. The molecule has 5 nitrogen and oxygen atoms in total. The molecular formula is C16H12N4O. The molecule has 1 amide bonds. The van der Waals surface area contributed by atoms with Crippen molar-refractivity contribution in [1.29, 1.82) is 5.26 Å². The fourth-order valence-electron chi connectivity index (χ4n) is 2.22. The van der Waals surface area contributed by atoms with Crippen molar-refractivity contribution < 1.29 is 4.79 Å². The molecule has 21 heavy (non-hydrogen) atoms. The Hall–Kier alpha value is -3.13. The number of imidazole rings is 1. The van der Waals surface area contributed by atoms with Crippen LogP contribution in [-0.4, -0.2) is 22.3 Å². The van der Waals surface area contributed by atoms with Gasteiger partial charge in [-0.1, -0.05) is 12.1 Å². The van der Waals surface area contributed by atoms with E-state index in [9.17, 15) is 4.79 Å². The molecule has 102 valence electrons. The van der Waals surface area contributed by atoms with E-state index in [1.807, 2.05) is 4.40 Å². The third-order valence-corrected chi connectivity index (χ3v) is 3.35. The summed E-state index contributed by atoms with van der Waals surface area (Å²) in [5.74, 6) is -0.165. The van der Waals surface area contributed by atoms with Crippen molar-refractivity contribution in [3.05, 3.63) is 66.2 Å². The van der Waals surface area contributed by atoms with Crippen LogP contribution in [0.5, 0.6) is 0 Å². The minimum absolute atomic E-state index is 0.165. The molecule has 3 aromatic rings. The average molecular weight is 276 g/mol. The van der Waals surface area contributed by atoms with Crippen LogP contribution in [0.4, 0.5) is 5.69 Å². The van der Waals surface area contributed by atoms with Gasteiger partial charge in [0.05, 0.1) is 29.3 Å². The lowest BCUT2D eigenvalue weighted by molar-refractivity contribution is 0.0993. The summed E-state index contributed by atoms with van der Waals surface area (Å²) < 4.78 is 1.83. The second kappa shape index (κ2) is 5.10. The standard InChI is InChI=1S/C16H12N4O/c1-19(15-5-3-2-4-13(15)9-17)16(21)12-6-7-20-11-18-10-14(20)8-12/h2-8,10-11H,1H3. The molecule has 0 aliphatic rings. The summed E-state index contributed by atoms with van der Waals surface area (Å²) in [7, 11) is 1.67. The first-order chi connectivity index (χ1) is 10.2. The Balaban J connectivity index is 1.99. The zero-order chi connectivity index (χ0) is 14.8. The number of carbonyl (C=O) groups excluding carboxylic acids is 1. The number of hydrogen-bond donors (Lipinski definition) is 0. The normalized spacial score (nSPS) is 10.3. The number of fused-ring (bicyclic) bond motifs is 1. The Labute approximate surface area is 121 Å². The summed E-state index contributed by atoms with van der Waals surface area (Å²) in [5.41, 5.74) is 2.47. The Bertz CT molecular complexity index is 860. The Kier molecular flexibility index (Phi) is 3.13. The van der Waals surface area contributed by atoms with Crippen molar-refractivity contribution in [3.8, 4) is 6.07 Å². The lowest BCUT2D eigenvalue weighted by atomic mass is 10.1. The Morgan fingerprint density at radius 3 is 2.95 bits per heavy atom. The number of pyridine rings is 1. The van der Waals surface area contributed by atoms with Crippen molar-refractivity contribution in [1.82, 2.24) is 9.38 Å². The van der Waals surface area contributed by atoms with Gasteiger partial charge in [0.2, 0.25) is 0 Å². The van der Waals surface area contributed by atoms with Crippen molar-refractivity contribution in [2.75, 3.05) is 11.9 Å². The number of hydrogen-bond acceptors (Lipinski definition) is 3. The average Bonchev–Trinajstić information content (AvgIpc) is 3.00. The lowest BCUT2D eigenvalue weighted by Crippen LogP contribution is -2.27. The molecule has 0 N–H and O–H groups in total. The number of amides is 1. The Morgan fingerprint density at radius 2 is 2.14 bits per heavy atom. The molecule has 0 unspecified atom stereocenters. The molecule has 0 saturated carbocycles. The van der Waals surface area contributed by atoms with E-state index in [4.69, 9.17) is 5.26 Å². The molecular weight excluding hydrogens is 264 g/mol. The third kappa shape index (κ3) is 2.23. The van der Waals surface area contributed by atoms with Crippen LogP contribution in [0.25, 0.3) is 5.52 Å². The minimum atomic E-state index is -0.165. The fourth-order valence-corrected chi connectivity index (χ4v) is 2.22. The number of para-hydroxylation sites is 1. The molecule has 0 aliphatic heterocycles. The first-order valence-corrected chi connectivity index (χ1v) is 6.39. The van der Waals surface area contributed by atoms with Crippen LogP contribution in [-0.2, 0) is 0 Å². The molecule has 0 fully saturated rings. The highest BCUT2D eigenvalue weighted by molar-refractivity contribution is 6.06. The number of anilines is 1. The van der Waals surface area contributed by atoms with Gasteiger partial charge in [0.1, 0.15) is 6.07 Å². The molecule has 1 aromatic carbocycles. The maximum Gasteiger partial charge on any atom is 0.258 e. The summed E-state index contributed by atoms with van der Waals surface area (Å²) in [6, 6.07) is 12.7. The van der Waals surface area contributed by atoms with Gasteiger partial charge in [-0.2, -0.15) is 5.26 Å². The number of nitriles is 1. The van der Waals surface area contributed by atoms with Crippen LogP contribution in [0.15, 0.2) is 55.1 Å². The number of aromatic nitrogens is 2. The molecule has 0 radical (unpaired) electrons. The van der Waals surface area contributed by atoms with Crippen LogP contribution < -0.4 is 4.90 Å². The molecule has 0 spiro atoms. The Morgan fingerprint density at radius 1 is 1.33 bits per heavy atom. The SMILES string of the molecule is CN(C(=O)c1ccn2cncc2c1)c1ccccc1C#N. The lowest BCUT2D eigenvalue weighted by Gasteiger charge is -2.18. The van der Waals surface area contributed by atoms with Gasteiger partial charge >= 0.3 is 0 Å².